The maximum absolute atomic E-state index is 12.3. The number of aromatic amines is 1. The quantitative estimate of drug-likeness (QED) is 0.597. The number of fused-ring (bicyclic) bond motifs is 2. The zero-order valence-electron chi connectivity index (χ0n) is 16.4. The Bertz CT molecular complexity index is 990. The standard InChI is InChI=1S/C22H24N2O5/c1-13-7-8-16-17(20(25)27-2)12-28-21(19(13)16)29-22(26)23-10-9-14-11-24-18-6-4-3-5-15(14)18/h3-7,11-12,16,19,21,24H,8-10H2,1-2H3,(H,23,26). The van der Waals surface area contributed by atoms with Crippen molar-refractivity contribution in [3.05, 3.63) is 59.5 Å². The monoisotopic (exact) mass is 396 g/mol. The van der Waals surface area contributed by atoms with Crippen LogP contribution in [0.25, 0.3) is 10.9 Å². The summed E-state index contributed by atoms with van der Waals surface area (Å²) < 4.78 is 15.9. The number of carbonyl (C=O) groups excluding carboxylic acids is 2. The Morgan fingerprint density at radius 2 is 2.14 bits per heavy atom. The van der Waals surface area contributed by atoms with Crippen LogP contribution in [0.15, 0.2) is 53.9 Å². The van der Waals surface area contributed by atoms with E-state index in [1.165, 1.54) is 13.4 Å². The maximum Gasteiger partial charge on any atom is 0.410 e. The predicted molar refractivity (Wildman–Crippen MR) is 107 cm³/mol. The minimum absolute atomic E-state index is 0.0970. The highest BCUT2D eigenvalue weighted by Gasteiger charge is 2.44. The minimum atomic E-state index is -0.764. The van der Waals surface area contributed by atoms with Crippen LogP contribution in [0.3, 0.4) is 0 Å². The number of methoxy groups -OCH3 is 1. The Kier molecular flexibility index (Phi) is 5.29. The van der Waals surface area contributed by atoms with Crippen LogP contribution in [0.5, 0.6) is 0 Å². The molecule has 0 saturated carbocycles. The lowest BCUT2D eigenvalue weighted by molar-refractivity contribution is -0.141. The smallest absolute Gasteiger partial charge is 0.410 e. The molecule has 7 heteroatoms. The number of allylic oxidation sites excluding steroid dienone is 1. The third-order valence-corrected chi connectivity index (χ3v) is 5.66. The molecular formula is C22H24N2O5. The van der Waals surface area contributed by atoms with Gasteiger partial charge in [0.1, 0.15) is 0 Å². The van der Waals surface area contributed by atoms with Gasteiger partial charge in [0.25, 0.3) is 6.29 Å². The van der Waals surface area contributed by atoms with Crippen molar-refractivity contribution >= 4 is 23.0 Å². The van der Waals surface area contributed by atoms with E-state index in [4.69, 9.17) is 14.2 Å². The topological polar surface area (TPSA) is 89.7 Å². The molecule has 1 aromatic heterocycles. The van der Waals surface area contributed by atoms with Crippen molar-refractivity contribution in [1.29, 1.82) is 0 Å². The summed E-state index contributed by atoms with van der Waals surface area (Å²) >= 11 is 0. The molecule has 2 aliphatic rings. The van der Waals surface area contributed by atoms with Gasteiger partial charge in [0.15, 0.2) is 0 Å². The Hall–Kier alpha value is -3.22. The molecule has 29 heavy (non-hydrogen) atoms. The van der Waals surface area contributed by atoms with Crippen molar-refractivity contribution in [3.63, 3.8) is 0 Å². The second-order valence-corrected chi connectivity index (χ2v) is 7.33. The summed E-state index contributed by atoms with van der Waals surface area (Å²) in [4.78, 5) is 27.5. The number of para-hydroxylation sites is 1. The van der Waals surface area contributed by atoms with Crippen LogP contribution in [-0.2, 0) is 25.4 Å². The summed E-state index contributed by atoms with van der Waals surface area (Å²) in [5.74, 6) is -0.696. The van der Waals surface area contributed by atoms with Crippen molar-refractivity contribution in [2.75, 3.05) is 13.7 Å². The van der Waals surface area contributed by atoms with Crippen LogP contribution in [0.1, 0.15) is 18.9 Å². The average molecular weight is 396 g/mol. The van der Waals surface area contributed by atoms with Crippen molar-refractivity contribution < 1.29 is 23.8 Å². The number of H-pyrrole nitrogens is 1. The van der Waals surface area contributed by atoms with Gasteiger partial charge < -0.3 is 24.5 Å². The maximum atomic E-state index is 12.3. The highest BCUT2D eigenvalue weighted by atomic mass is 16.7. The van der Waals surface area contributed by atoms with Crippen LogP contribution in [0.4, 0.5) is 4.79 Å². The number of benzene rings is 1. The van der Waals surface area contributed by atoms with Crippen molar-refractivity contribution in [2.45, 2.75) is 26.1 Å². The number of hydrogen-bond donors (Lipinski definition) is 2. The molecule has 0 fully saturated rings. The number of esters is 1. The first-order chi connectivity index (χ1) is 14.1. The first-order valence-corrected chi connectivity index (χ1v) is 9.68. The number of aromatic nitrogens is 1. The van der Waals surface area contributed by atoms with Crippen molar-refractivity contribution in [1.82, 2.24) is 10.3 Å². The van der Waals surface area contributed by atoms with Gasteiger partial charge in [0.05, 0.1) is 24.9 Å². The Morgan fingerprint density at radius 3 is 2.97 bits per heavy atom. The molecule has 0 radical (unpaired) electrons. The van der Waals surface area contributed by atoms with Gasteiger partial charge in [-0.1, -0.05) is 29.8 Å². The van der Waals surface area contributed by atoms with Gasteiger partial charge >= 0.3 is 12.1 Å². The lowest BCUT2D eigenvalue weighted by Gasteiger charge is -2.33. The fourth-order valence-electron chi connectivity index (χ4n) is 4.15. The van der Waals surface area contributed by atoms with E-state index < -0.39 is 18.4 Å². The number of carbonyl (C=O) groups is 2. The normalized spacial score (nSPS) is 22.9. The Morgan fingerprint density at radius 1 is 1.31 bits per heavy atom. The molecular weight excluding hydrogens is 372 g/mol. The second-order valence-electron chi connectivity index (χ2n) is 7.33. The molecule has 7 nitrogen and oxygen atoms in total. The van der Waals surface area contributed by atoms with Gasteiger partial charge in [0.2, 0.25) is 0 Å². The molecule has 1 amide bonds. The summed E-state index contributed by atoms with van der Waals surface area (Å²) in [7, 11) is 1.34. The van der Waals surface area contributed by atoms with E-state index in [0.29, 0.717) is 25.0 Å². The van der Waals surface area contributed by atoms with Crippen molar-refractivity contribution in [2.24, 2.45) is 11.8 Å². The zero-order chi connectivity index (χ0) is 20.4. The average Bonchev–Trinajstić information content (AvgIpc) is 3.32. The van der Waals surface area contributed by atoms with Gasteiger partial charge in [-0.15, -0.1) is 0 Å². The summed E-state index contributed by atoms with van der Waals surface area (Å²) in [6, 6.07) is 8.04. The number of rotatable bonds is 5. The van der Waals surface area contributed by atoms with E-state index in [2.05, 4.69) is 16.4 Å². The lowest BCUT2D eigenvalue weighted by atomic mass is 9.84. The Labute approximate surface area is 168 Å². The van der Waals surface area contributed by atoms with Crippen LogP contribution < -0.4 is 5.32 Å². The first-order valence-electron chi connectivity index (χ1n) is 9.68. The van der Waals surface area contributed by atoms with E-state index in [-0.39, 0.29) is 11.8 Å². The van der Waals surface area contributed by atoms with E-state index >= 15 is 0 Å². The molecule has 1 aromatic carbocycles. The van der Waals surface area contributed by atoms with E-state index in [1.807, 2.05) is 37.4 Å². The molecule has 3 atom stereocenters. The SMILES string of the molecule is COC(=O)C1=COC(OC(=O)NCCc2c[nH]c3ccccc23)C2C(C)=CCC12. The number of alkyl carbamates (subject to hydrolysis) is 1. The van der Waals surface area contributed by atoms with E-state index in [0.717, 1.165) is 22.0 Å². The molecule has 1 aliphatic heterocycles. The van der Waals surface area contributed by atoms with E-state index in [9.17, 15) is 9.59 Å². The summed E-state index contributed by atoms with van der Waals surface area (Å²) in [5.41, 5.74) is 3.73. The highest BCUT2D eigenvalue weighted by Crippen LogP contribution is 2.43. The van der Waals surface area contributed by atoms with E-state index in [1.54, 1.807) is 0 Å². The summed E-state index contributed by atoms with van der Waals surface area (Å²) in [6.07, 6.45) is 5.45. The molecule has 152 valence electrons. The lowest BCUT2D eigenvalue weighted by Crippen LogP contribution is -2.40. The predicted octanol–water partition coefficient (Wildman–Crippen LogP) is 3.43. The van der Waals surface area contributed by atoms with Crippen LogP contribution in [0.2, 0.25) is 0 Å². The van der Waals surface area contributed by atoms with Crippen LogP contribution >= 0.6 is 0 Å². The van der Waals surface area contributed by atoms with Gasteiger partial charge in [-0.2, -0.15) is 0 Å². The zero-order valence-corrected chi connectivity index (χ0v) is 16.4. The fraction of sp³-hybridized carbons (Fsp3) is 0.364. The molecule has 1 aliphatic carbocycles. The molecule has 2 aromatic rings. The highest BCUT2D eigenvalue weighted by molar-refractivity contribution is 5.89. The number of nitrogens with one attached hydrogen (secondary N) is 2. The van der Waals surface area contributed by atoms with Gasteiger partial charge in [-0.05, 0) is 31.4 Å². The van der Waals surface area contributed by atoms with Gasteiger partial charge in [-0.25, -0.2) is 9.59 Å². The number of amides is 1. The largest absolute Gasteiger partial charge is 0.466 e. The fourth-order valence-corrected chi connectivity index (χ4v) is 4.15. The van der Waals surface area contributed by atoms with Crippen molar-refractivity contribution in [3.8, 4) is 0 Å². The van der Waals surface area contributed by atoms with Gasteiger partial charge in [-0.3, -0.25) is 0 Å². The third kappa shape index (κ3) is 3.72. The van der Waals surface area contributed by atoms with Crippen LogP contribution in [0, 0.1) is 11.8 Å². The second kappa shape index (κ2) is 8.03. The number of ether oxygens (including phenoxy) is 3. The number of hydrogen-bond acceptors (Lipinski definition) is 5. The molecule has 0 bridgehead atoms. The summed E-state index contributed by atoms with van der Waals surface area (Å²) in [6.45, 7) is 2.40. The third-order valence-electron chi connectivity index (χ3n) is 5.66. The molecule has 3 unspecified atom stereocenters. The molecule has 2 N–H and O–H groups in total. The van der Waals surface area contributed by atoms with Gasteiger partial charge in [0, 0.05) is 29.6 Å². The molecule has 0 saturated heterocycles. The molecule has 2 heterocycles. The summed E-state index contributed by atoms with van der Waals surface area (Å²) in [5, 5.41) is 3.93. The first kappa shape index (κ1) is 19.1. The minimum Gasteiger partial charge on any atom is -0.466 e. The Balaban J connectivity index is 1.35. The molecule has 4 rings (SSSR count). The molecule has 0 spiro atoms. The van der Waals surface area contributed by atoms with Crippen LogP contribution in [-0.4, -0.2) is 37.0 Å².